The van der Waals surface area contributed by atoms with Crippen LogP contribution in [-0.2, 0) is 22.6 Å². The minimum Gasteiger partial charge on any atom is -0.493 e. The first-order valence-corrected chi connectivity index (χ1v) is 15.9. The van der Waals surface area contributed by atoms with Crippen LogP contribution in [0.2, 0.25) is 0 Å². The maximum atomic E-state index is 14.6. The van der Waals surface area contributed by atoms with Gasteiger partial charge in [0.15, 0.2) is 0 Å². The number of benzene rings is 2. The molecule has 7 nitrogen and oxygen atoms in total. The number of carbonyl (C=O) groups is 2. The number of nitrogens with one attached hydrogen (secondary N) is 1. The van der Waals surface area contributed by atoms with Crippen molar-refractivity contribution >= 4 is 11.8 Å². The summed E-state index contributed by atoms with van der Waals surface area (Å²) in [5.74, 6) is -2.11. The zero-order valence-corrected chi connectivity index (χ0v) is 27.2. The number of hydrogen-bond donors (Lipinski definition) is 3. The quantitative estimate of drug-likeness (QED) is 0.209. The van der Waals surface area contributed by atoms with Crippen molar-refractivity contribution in [2.24, 2.45) is 23.0 Å². The summed E-state index contributed by atoms with van der Waals surface area (Å²) in [6, 6.07) is 10.9. The number of aliphatic hydroxyl groups excluding tert-OH is 1. The van der Waals surface area contributed by atoms with E-state index in [1.54, 1.807) is 24.0 Å². The molecule has 246 valence electrons. The number of halogens is 2. The van der Waals surface area contributed by atoms with Gasteiger partial charge in [-0.1, -0.05) is 57.6 Å². The molecule has 0 saturated carbocycles. The number of nitrogens with zero attached hydrogens (tertiary/aromatic N) is 1. The minimum absolute atomic E-state index is 0.0102. The molecule has 0 heterocycles. The summed E-state index contributed by atoms with van der Waals surface area (Å²) in [7, 11) is 0. The van der Waals surface area contributed by atoms with E-state index in [1.165, 1.54) is 12.1 Å². The lowest BCUT2D eigenvalue weighted by atomic mass is 9.63. The van der Waals surface area contributed by atoms with E-state index in [4.69, 9.17) is 10.5 Å². The van der Waals surface area contributed by atoms with Gasteiger partial charge in [0.1, 0.15) is 17.4 Å². The van der Waals surface area contributed by atoms with Gasteiger partial charge in [-0.3, -0.25) is 9.59 Å². The molecule has 4 N–H and O–H groups in total. The van der Waals surface area contributed by atoms with E-state index in [0.29, 0.717) is 56.1 Å². The first kappa shape index (κ1) is 35.9. The Balaban J connectivity index is 2.02. The maximum absolute atomic E-state index is 14.6. The van der Waals surface area contributed by atoms with Crippen LogP contribution in [0, 0.1) is 28.9 Å². The van der Waals surface area contributed by atoms with Crippen LogP contribution in [0.1, 0.15) is 65.0 Å². The van der Waals surface area contributed by atoms with Crippen LogP contribution in [0.5, 0.6) is 5.75 Å². The molecule has 1 aliphatic rings. The van der Waals surface area contributed by atoms with Crippen molar-refractivity contribution in [2.75, 3.05) is 26.2 Å². The van der Waals surface area contributed by atoms with Crippen molar-refractivity contribution in [3.8, 4) is 5.75 Å². The normalized spacial score (nSPS) is 17.8. The van der Waals surface area contributed by atoms with Crippen LogP contribution < -0.4 is 15.8 Å². The first-order chi connectivity index (χ1) is 21.4. The standard InChI is InChI=1S/C36H49F2N3O4/c1-6-11-41(12-7-2)35(44)36(19-25(5)13-28(20-36)34(39)43)32(17-27-14-29(37)18-30(38)15-27)33(42)22-40-21-26-9-8-10-31(16-26)45-23-24(3)4/h8-10,13-16,18-19,24,32-33,40,42H,6-7,11-12,17,20-23H2,1-5H3,(H2,39,43)/t32-,33+,36?/m1/s1. The van der Waals surface area contributed by atoms with Gasteiger partial charge in [-0.15, -0.1) is 0 Å². The summed E-state index contributed by atoms with van der Waals surface area (Å²) in [6.07, 6.45) is 3.72. The van der Waals surface area contributed by atoms with E-state index >= 15 is 0 Å². The van der Waals surface area contributed by atoms with Crippen molar-refractivity contribution in [2.45, 2.75) is 73.0 Å². The lowest BCUT2D eigenvalue weighted by Gasteiger charge is -2.45. The predicted octanol–water partition coefficient (Wildman–Crippen LogP) is 5.71. The highest BCUT2D eigenvalue weighted by molar-refractivity contribution is 5.96. The smallest absolute Gasteiger partial charge is 0.244 e. The highest BCUT2D eigenvalue weighted by Gasteiger charge is 2.50. The monoisotopic (exact) mass is 625 g/mol. The molecule has 0 fully saturated rings. The molecular weight excluding hydrogens is 576 g/mol. The third-order valence-corrected chi connectivity index (χ3v) is 8.03. The number of ether oxygens (including phenoxy) is 1. The summed E-state index contributed by atoms with van der Waals surface area (Å²) in [5.41, 5.74) is 6.55. The Morgan fingerprint density at radius 3 is 2.33 bits per heavy atom. The van der Waals surface area contributed by atoms with Crippen molar-refractivity contribution < 1.29 is 28.2 Å². The van der Waals surface area contributed by atoms with Crippen LogP contribution in [-0.4, -0.2) is 54.2 Å². The topological polar surface area (TPSA) is 105 Å². The van der Waals surface area contributed by atoms with Crippen LogP contribution in [0.3, 0.4) is 0 Å². The molecule has 0 bridgehead atoms. The van der Waals surface area contributed by atoms with Gasteiger partial charge in [0.25, 0.3) is 0 Å². The van der Waals surface area contributed by atoms with Crippen LogP contribution in [0.4, 0.5) is 8.78 Å². The number of rotatable bonds is 17. The summed E-state index contributed by atoms with van der Waals surface area (Å²) in [6.45, 7) is 12.0. The zero-order valence-electron chi connectivity index (χ0n) is 27.2. The number of aliphatic hydroxyl groups is 1. The first-order valence-electron chi connectivity index (χ1n) is 15.9. The molecule has 3 rings (SSSR count). The van der Waals surface area contributed by atoms with Crippen LogP contribution in [0.25, 0.3) is 0 Å². The van der Waals surface area contributed by atoms with Crippen LogP contribution in [0.15, 0.2) is 65.8 Å². The van der Waals surface area contributed by atoms with Crippen LogP contribution >= 0.6 is 0 Å². The molecule has 0 spiro atoms. The minimum atomic E-state index is -1.39. The number of primary amides is 1. The molecule has 2 aromatic rings. The molecule has 2 aromatic carbocycles. The maximum Gasteiger partial charge on any atom is 0.244 e. The highest BCUT2D eigenvalue weighted by atomic mass is 19.1. The average Bonchev–Trinajstić information content (AvgIpc) is 2.97. The second kappa shape index (κ2) is 16.7. The Labute approximate surface area is 266 Å². The van der Waals surface area contributed by atoms with E-state index in [-0.39, 0.29) is 30.9 Å². The molecular formula is C36H49F2N3O4. The summed E-state index contributed by atoms with van der Waals surface area (Å²) in [4.78, 5) is 28.9. The van der Waals surface area contributed by atoms with E-state index in [1.807, 2.05) is 38.1 Å². The summed E-state index contributed by atoms with van der Waals surface area (Å²) < 4.78 is 34.6. The lowest BCUT2D eigenvalue weighted by Crippen LogP contribution is -2.54. The number of amides is 2. The van der Waals surface area contributed by atoms with Gasteiger partial charge < -0.3 is 25.8 Å². The van der Waals surface area contributed by atoms with Crippen molar-refractivity contribution in [1.82, 2.24) is 10.2 Å². The van der Waals surface area contributed by atoms with Crippen molar-refractivity contribution in [1.29, 1.82) is 0 Å². The second-order valence-corrected chi connectivity index (χ2v) is 12.6. The van der Waals surface area contributed by atoms with Gasteiger partial charge in [0, 0.05) is 43.7 Å². The fourth-order valence-electron chi connectivity index (χ4n) is 6.14. The highest BCUT2D eigenvalue weighted by Crippen LogP contribution is 2.45. The number of nitrogens with two attached hydrogens (primary N) is 1. The van der Waals surface area contributed by atoms with Gasteiger partial charge in [-0.25, -0.2) is 8.78 Å². The predicted molar refractivity (Wildman–Crippen MR) is 173 cm³/mol. The Morgan fingerprint density at radius 2 is 1.73 bits per heavy atom. The SMILES string of the molecule is CCCN(CCC)C(=O)C1([C@H](Cc2cc(F)cc(F)c2)[C@@H](O)CNCc2cccc(OCC(C)C)c2)C=C(C)C=C(C(N)=O)C1. The average molecular weight is 626 g/mol. The van der Waals surface area contributed by atoms with Gasteiger partial charge in [0.05, 0.1) is 18.1 Å². The third-order valence-electron chi connectivity index (χ3n) is 8.03. The summed E-state index contributed by atoms with van der Waals surface area (Å²) >= 11 is 0. The molecule has 0 saturated heterocycles. The van der Waals surface area contributed by atoms with E-state index in [0.717, 1.165) is 17.4 Å². The van der Waals surface area contributed by atoms with Gasteiger partial charge in [-0.05, 0) is 73.9 Å². The Bertz CT molecular complexity index is 1350. The molecule has 0 aliphatic heterocycles. The van der Waals surface area contributed by atoms with E-state index in [2.05, 4.69) is 19.2 Å². The molecule has 45 heavy (non-hydrogen) atoms. The van der Waals surface area contributed by atoms with Gasteiger partial charge >= 0.3 is 0 Å². The molecule has 2 amide bonds. The molecule has 3 atom stereocenters. The summed E-state index contributed by atoms with van der Waals surface area (Å²) in [5, 5.41) is 15.2. The van der Waals surface area contributed by atoms with Gasteiger partial charge in [0.2, 0.25) is 11.8 Å². The Kier molecular flexibility index (Phi) is 13.3. The van der Waals surface area contributed by atoms with Gasteiger partial charge in [-0.2, -0.15) is 0 Å². The molecule has 0 aromatic heterocycles. The lowest BCUT2D eigenvalue weighted by molar-refractivity contribution is -0.145. The molecule has 0 radical (unpaired) electrons. The number of carbonyl (C=O) groups excluding carboxylic acids is 2. The molecule has 1 unspecified atom stereocenters. The Morgan fingerprint density at radius 1 is 1.07 bits per heavy atom. The number of hydrogen-bond acceptors (Lipinski definition) is 5. The fraction of sp³-hybridized carbons (Fsp3) is 0.500. The van der Waals surface area contributed by atoms with E-state index < -0.39 is 35.0 Å². The van der Waals surface area contributed by atoms with Crippen molar-refractivity contribution in [3.05, 3.63) is 88.5 Å². The fourth-order valence-corrected chi connectivity index (χ4v) is 6.14. The third kappa shape index (κ3) is 9.96. The van der Waals surface area contributed by atoms with Crippen molar-refractivity contribution in [3.63, 3.8) is 0 Å². The second-order valence-electron chi connectivity index (χ2n) is 12.6. The van der Waals surface area contributed by atoms with E-state index in [9.17, 15) is 23.5 Å². The largest absolute Gasteiger partial charge is 0.493 e. The number of allylic oxidation sites excluding steroid dienone is 2. The molecule has 9 heteroatoms. The zero-order chi connectivity index (χ0) is 33.1. The molecule has 1 aliphatic carbocycles. The Hall–Kier alpha value is -3.56.